The minimum absolute atomic E-state index is 0.103. The highest BCUT2D eigenvalue weighted by Gasteiger charge is 2.48. The van der Waals surface area contributed by atoms with Crippen LogP contribution in [-0.2, 0) is 11.2 Å². The maximum Gasteiger partial charge on any atom is 0.222 e. The van der Waals surface area contributed by atoms with Gasteiger partial charge in [0.05, 0.1) is 5.60 Å². The molecular weight excluding hydrogens is 362 g/mol. The Morgan fingerprint density at radius 1 is 1.21 bits per heavy atom. The molecule has 5 heteroatoms. The molecule has 0 radical (unpaired) electrons. The molecule has 2 fully saturated rings. The molecule has 5 nitrogen and oxygen atoms in total. The summed E-state index contributed by atoms with van der Waals surface area (Å²) in [4.78, 5) is 18.0. The second-order valence-electron chi connectivity index (χ2n) is 9.09. The van der Waals surface area contributed by atoms with Crippen molar-refractivity contribution in [1.29, 1.82) is 0 Å². The summed E-state index contributed by atoms with van der Waals surface area (Å²) in [6, 6.07) is 14.3. The maximum absolute atomic E-state index is 11.1. The fourth-order valence-corrected chi connectivity index (χ4v) is 5.27. The molecule has 29 heavy (non-hydrogen) atoms. The fourth-order valence-electron chi connectivity index (χ4n) is 5.27. The normalized spacial score (nSPS) is 27.6. The van der Waals surface area contributed by atoms with Crippen LogP contribution in [0.4, 0.5) is 5.82 Å². The molecule has 0 spiro atoms. The van der Waals surface area contributed by atoms with E-state index in [1.807, 2.05) is 18.3 Å². The molecule has 1 aromatic carbocycles. The Morgan fingerprint density at radius 2 is 1.90 bits per heavy atom. The van der Waals surface area contributed by atoms with E-state index in [1.54, 1.807) is 0 Å². The Morgan fingerprint density at radius 3 is 2.48 bits per heavy atom. The van der Waals surface area contributed by atoms with Gasteiger partial charge in [-0.25, -0.2) is 4.98 Å². The van der Waals surface area contributed by atoms with E-state index in [1.165, 1.54) is 18.1 Å². The largest absolute Gasteiger partial charge is 0.390 e. The third-order valence-electron chi connectivity index (χ3n) is 6.50. The van der Waals surface area contributed by atoms with Crippen LogP contribution >= 0.6 is 0 Å². The quantitative estimate of drug-likeness (QED) is 0.789. The predicted molar refractivity (Wildman–Crippen MR) is 115 cm³/mol. The van der Waals surface area contributed by atoms with Gasteiger partial charge in [-0.05, 0) is 47.8 Å². The lowest BCUT2D eigenvalue weighted by atomic mass is 9.91. The molecule has 2 heterocycles. The molecule has 4 atom stereocenters. The second kappa shape index (κ2) is 8.25. The van der Waals surface area contributed by atoms with Crippen LogP contribution < -0.4 is 5.32 Å². The fraction of sp³-hybridized carbons (Fsp3) is 0.500. The van der Waals surface area contributed by atoms with Crippen molar-refractivity contribution in [3.63, 3.8) is 0 Å². The van der Waals surface area contributed by atoms with Gasteiger partial charge in [-0.15, -0.1) is 0 Å². The van der Waals surface area contributed by atoms with Gasteiger partial charge in [0.25, 0.3) is 0 Å². The van der Waals surface area contributed by atoms with Gasteiger partial charge in [-0.2, -0.15) is 0 Å². The van der Waals surface area contributed by atoms with Crippen LogP contribution in [0.15, 0.2) is 48.7 Å². The van der Waals surface area contributed by atoms with E-state index in [2.05, 4.69) is 52.5 Å². The molecule has 0 bridgehead atoms. The SMILES string of the molecule is CC(=O)Nc1ccc(C(C)CN2C[C@@H]3C[C@@](O)(Cc4ccccc4)C[C@@H]3C2)cn1. The summed E-state index contributed by atoms with van der Waals surface area (Å²) in [5.74, 6) is 2.07. The molecule has 1 unspecified atom stereocenters. The zero-order chi connectivity index (χ0) is 20.4. The summed E-state index contributed by atoms with van der Waals surface area (Å²) in [5, 5.41) is 13.8. The number of likely N-dealkylation sites (tertiary alicyclic amines) is 1. The third-order valence-corrected chi connectivity index (χ3v) is 6.50. The van der Waals surface area contributed by atoms with Crippen LogP contribution in [0.5, 0.6) is 0 Å². The van der Waals surface area contributed by atoms with Crippen molar-refractivity contribution in [2.75, 3.05) is 25.0 Å². The average Bonchev–Trinajstić information content (AvgIpc) is 3.16. The van der Waals surface area contributed by atoms with Crippen LogP contribution in [-0.4, -0.2) is 46.1 Å². The molecule has 4 rings (SSSR count). The first-order chi connectivity index (χ1) is 13.9. The molecule has 1 aliphatic heterocycles. The second-order valence-corrected chi connectivity index (χ2v) is 9.09. The number of nitrogens with one attached hydrogen (secondary N) is 1. The number of aromatic nitrogens is 1. The van der Waals surface area contributed by atoms with E-state index in [0.717, 1.165) is 38.9 Å². The summed E-state index contributed by atoms with van der Waals surface area (Å²) in [6.45, 7) is 6.87. The van der Waals surface area contributed by atoms with Crippen LogP contribution in [0.2, 0.25) is 0 Å². The van der Waals surface area contributed by atoms with Gasteiger partial charge in [0, 0.05) is 39.2 Å². The first kappa shape index (κ1) is 20.0. The number of carbonyl (C=O) groups excluding carboxylic acids is 1. The molecule has 2 aliphatic rings. The summed E-state index contributed by atoms with van der Waals surface area (Å²) >= 11 is 0. The van der Waals surface area contributed by atoms with Crippen molar-refractivity contribution in [1.82, 2.24) is 9.88 Å². The highest BCUT2D eigenvalue weighted by Crippen LogP contribution is 2.45. The van der Waals surface area contributed by atoms with E-state index >= 15 is 0 Å². The number of hydrogen-bond donors (Lipinski definition) is 2. The van der Waals surface area contributed by atoms with E-state index in [0.29, 0.717) is 23.6 Å². The Balaban J connectivity index is 1.29. The van der Waals surface area contributed by atoms with Crippen molar-refractivity contribution in [3.8, 4) is 0 Å². The first-order valence-electron chi connectivity index (χ1n) is 10.6. The number of benzene rings is 1. The van der Waals surface area contributed by atoms with Gasteiger partial charge >= 0.3 is 0 Å². The van der Waals surface area contributed by atoms with Crippen LogP contribution in [0.25, 0.3) is 0 Å². The third kappa shape index (κ3) is 4.85. The van der Waals surface area contributed by atoms with Crippen molar-refractivity contribution in [3.05, 3.63) is 59.8 Å². The van der Waals surface area contributed by atoms with Crippen LogP contribution in [0, 0.1) is 11.8 Å². The molecule has 2 aromatic rings. The Bertz CT molecular complexity index is 823. The number of pyridine rings is 1. The predicted octanol–water partition coefficient (Wildman–Crippen LogP) is 3.46. The van der Waals surface area contributed by atoms with Crippen molar-refractivity contribution in [2.24, 2.45) is 11.8 Å². The van der Waals surface area contributed by atoms with Crippen LogP contribution in [0.1, 0.15) is 43.7 Å². The molecule has 154 valence electrons. The maximum atomic E-state index is 11.1. The van der Waals surface area contributed by atoms with Gasteiger partial charge in [0.1, 0.15) is 5.82 Å². The number of rotatable bonds is 6. The highest BCUT2D eigenvalue weighted by atomic mass is 16.3. The molecule has 1 saturated heterocycles. The number of fused-ring (bicyclic) bond motifs is 1. The van der Waals surface area contributed by atoms with Crippen molar-refractivity contribution < 1.29 is 9.90 Å². The standard InChI is InChI=1S/C24H31N3O2/c1-17(20-8-9-23(25-13-20)26-18(2)28)14-27-15-21-11-24(29,12-22(21)16-27)10-19-6-4-3-5-7-19/h3-9,13,17,21-22,29H,10-12,14-16H2,1-2H3,(H,25,26,28)/t17?,21-,22+,24-. The molecule has 1 saturated carbocycles. The minimum atomic E-state index is -0.544. The van der Waals surface area contributed by atoms with Crippen molar-refractivity contribution >= 4 is 11.7 Å². The molecule has 2 N–H and O–H groups in total. The molecule has 1 aromatic heterocycles. The Kier molecular flexibility index (Phi) is 5.70. The smallest absolute Gasteiger partial charge is 0.222 e. The van der Waals surface area contributed by atoms with Crippen LogP contribution in [0.3, 0.4) is 0 Å². The van der Waals surface area contributed by atoms with E-state index < -0.39 is 5.60 Å². The Labute approximate surface area is 173 Å². The molecular formula is C24H31N3O2. The average molecular weight is 394 g/mol. The first-order valence-corrected chi connectivity index (χ1v) is 10.6. The topological polar surface area (TPSA) is 65.5 Å². The zero-order valence-electron chi connectivity index (χ0n) is 17.3. The van der Waals surface area contributed by atoms with Crippen molar-refractivity contribution in [2.45, 2.75) is 44.6 Å². The Hall–Kier alpha value is -2.24. The number of hydrogen-bond acceptors (Lipinski definition) is 4. The lowest BCUT2D eigenvalue weighted by Crippen LogP contribution is -2.33. The number of amides is 1. The summed E-state index contributed by atoms with van der Waals surface area (Å²) in [6.07, 6.45) is 4.45. The van der Waals surface area contributed by atoms with Gasteiger partial charge in [-0.1, -0.05) is 43.3 Å². The molecule has 1 amide bonds. The summed E-state index contributed by atoms with van der Waals surface area (Å²) in [5.41, 5.74) is 1.88. The van der Waals surface area contributed by atoms with Gasteiger partial charge in [0.2, 0.25) is 5.91 Å². The minimum Gasteiger partial charge on any atom is -0.390 e. The van der Waals surface area contributed by atoms with Gasteiger partial charge in [-0.3, -0.25) is 4.79 Å². The number of anilines is 1. The van der Waals surface area contributed by atoms with E-state index in [-0.39, 0.29) is 5.91 Å². The van der Waals surface area contributed by atoms with E-state index in [9.17, 15) is 9.90 Å². The lowest BCUT2D eigenvalue weighted by Gasteiger charge is -2.27. The zero-order valence-corrected chi connectivity index (χ0v) is 17.3. The summed E-state index contributed by atoms with van der Waals surface area (Å²) < 4.78 is 0. The van der Waals surface area contributed by atoms with Gasteiger partial charge in [0.15, 0.2) is 0 Å². The monoisotopic (exact) mass is 393 g/mol. The number of carbonyl (C=O) groups is 1. The summed E-state index contributed by atoms with van der Waals surface area (Å²) in [7, 11) is 0. The number of nitrogens with zero attached hydrogens (tertiary/aromatic N) is 2. The number of aliphatic hydroxyl groups is 1. The molecule has 1 aliphatic carbocycles. The van der Waals surface area contributed by atoms with Gasteiger partial charge < -0.3 is 15.3 Å². The lowest BCUT2D eigenvalue weighted by molar-refractivity contribution is -0.114. The highest BCUT2D eigenvalue weighted by molar-refractivity contribution is 5.87. The van der Waals surface area contributed by atoms with E-state index in [4.69, 9.17) is 0 Å².